The predicted octanol–water partition coefficient (Wildman–Crippen LogP) is 2.04. The lowest BCUT2D eigenvalue weighted by molar-refractivity contribution is -0.138. The van der Waals surface area contributed by atoms with Crippen molar-refractivity contribution in [1.82, 2.24) is 5.32 Å². The molecule has 0 radical (unpaired) electrons. The van der Waals surface area contributed by atoms with Crippen LogP contribution in [0.25, 0.3) is 0 Å². The molecule has 4 nitrogen and oxygen atoms in total. The Bertz CT molecular complexity index is 402. The first-order valence-corrected chi connectivity index (χ1v) is 7.43. The van der Waals surface area contributed by atoms with Crippen molar-refractivity contribution in [3.05, 3.63) is 0 Å². The van der Waals surface area contributed by atoms with Crippen LogP contribution in [0.15, 0.2) is 0 Å². The van der Waals surface area contributed by atoms with Crippen molar-refractivity contribution in [2.75, 3.05) is 0 Å². The Labute approximate surface area is 113 Å². The van der Waals surface area contributed by atoms with Gasteiger partial charge in [0.05, 0.1) is 0 Å². The number of amides is 1. The summed E-state index contributed by atoms with van der Waals surface area (Å²) < 4.78 is 0. The molecule has 3 fully saturated rings. The van der Waals surface area contributed by atoms with Gasteiger partial charge in [-0.2, -0.15) is 0 Å². The molecule has 4 heteroatoms. The molecule has 19 heavy (non-hydrogen) atoms. The Morgan fingerprint density at radius 3 is 2.32 bits per heavy atom. The second kappa shape index (κ2) is 4.22. The molecule has 0 heterocycles. The maximum Gasteiger partial charge on any atom is 0.303 e. The molecule has 0 aromatic heterocycles. The monoisotopic (exact) mass is 265 g/mol. The summed E-state index contributed by atoms with van der Waals surface area (Å²) in [5, 5.41) is 11.8. The van der Waals surface area contributed by atoms with Crippen LogP contribution in [-0.2, 0) is 9.59 Å². The van der Waals surface area contributed by atoms with E-state index in [0.717, 1.165) is 11.8 Å². The number of hydrogen-bond acceptors (Lipinski definition) is 2. The van der Waals surface area contributed by atoms with Crippen molar-refractivity contribution < 1.29 is 14.7 Å². The summed E-state index contributed by atoms with van der Waals surface area (Å²) in [6.07, 6.45) is 4.58. The van der Waals surface area contributed by atoms with Crippen LogP contribution in [0.1, 0.15) is 46.0 Å². The smallest absolute Gasteiger partial charge is 0.303 e. The third kappa shape index (κ3) is 2.26. The zero-order valence-electron chi connectivity index (χ0n) is 11.7. The van der Waals surface area contributed by atoms with Crippen molar-refractivity contribution in [2.24, 2.45) is 29.6 Å². The lowest BCUT2D eigenvalue weighted by atomic mass is 9.96. The van der Waals surface area contributed by atoms with Gasteiger partial charge < -0.3 is 10.4 Å². The molecule has 2 N–H and O–H groups in total. The molecule has 0 aromatic rings. The van der Waals surface area contributed by atoms with Crippen molar-refractivity contribution >= 4 is 11.9 Å². The van der Waals surface area contributed by atoms with Gasteiger partial charge in [-0.3, -0.25) is 9.59 Å². The molecule has 0 aromatic carbocycles. The standard InChI is InChI=1S/C15H23NO3/c1-15(2,6-5-10(17)18)16-14(19)13-11-8-3-4-9(7-8)12(11)13/h8-9,11-13H,3-7H2,1-2H3,(H,16,19)(H,17,18). The second-order valence-corrected chi connectivity index (χ2v) is 7.28. The molecule has 3 aliphatic rings. The van der Waals surface area contributed by atoms with Crippen molar-refractivity contribution in [2.45, 2.75) is 51.5 Å². The maximum absolute atomic E-state index is 12.3. The van der Waals surface area contributed by atoms with Crippen LogP contribution in [0.2, 0.25) is 0 Å². The Balaban J connectivity index is 1.54. The van der Waals surface area contributed by atoms with Crippen molar-refractivity contribution in [3.8, 4) is 0 Å². The van der Waals surface area contributed by atoms with E-state index in [1.54, 1.807) is 0 Å². The van der Waals surface area contributed by atoms with Crippen LogP contribution in [0.5, 0.6) is 0 Å². The summed E-state index contributed by atoms with van der Waals surface area (Å²) in [7, 11) is 0. The number of carbonyl (C=O) groups is 2. The zero-order chi connectivity index (χ0) is 13.8. The summed E-state index contributed by atoms with van der Waals surface area (Å²) in [6.45, 7) is 3.83. The van der Waals surface area contributed by atoms with Gasteiger partial charge in [0.2, 0.25) is 5.91 Å². The Morgan fingerprint density at radius 1 is 1.21 bits per heavy atom. The van der Waals surface area contributed by atoms with E-state index < -0.39 is 11.5 Å². The van der Waals surface area contributed by atoms with Gasteiger partial charge in [0.1, 0.15) is 0 Å². The zero-order valence-corrected chi connectivity index (χ0v) is 11.7. The van der Waals surface area contributed by atoms with Crippen LogP contribution >= 0.6 is 0 Å². The minimum atomic E-state index is -0.802. The number of carbonyl (C=O) groups excluding carboxylic acids is 1. The van der Waals surface area contributed by atoms with Gasteiger partial charge >= 0.3 is 5.97 Å². The quantitative estimate of drug-likeness (QED) is 0.799. The van der Waals surface area contributed by atoms with Crippen LogP contribution in [0, 0.1) is 29.6 Å². The average molecular weight is 265 g/mol. The van der Waals surface area contributed by atoms with Crippen LogP contribution in [0.4, 0.5) is 0 Å². The summed E-state index contributed by atoms with van der Waals surface area (Å²) in [5.74, 6) is 2.49. The molecule has 0 spiro atoms. The van der Waals surface area contributed by atoms with Crippen LogP contribution in [-0.4, -0.2) is 22.5 Å². The SMILES string of the molecule is CC(C)(CCC(=O)O)NC(=O)C1C2C3CCC(C3)C12. The Hall–Kier alpha value is -1.06. The lowest BCUT2D eigenvalue weighted by Crippen LogP contribution is -2.45. The topological polar surface area (TPSA) is 66.4 Å². The lowest BCUT2D eigenvalue weighted by Gasteiger charge is -2.26. The van der Waals surface area contributed by atoms with Crippen molar-refractivity contribution in [3.63, 3.8) is 0 Å². The number of nitrogens with one attached hydrogen (secondary N) is 1. The van der Waals surface area contributed by atoms with Crippen LogP contribution < -0.4 is 5.32 Å². The molecule has 4 unspecified atom stereocenters. The first-order valence-electron chi connectivity index (χ1n) is 7.43. The number of fused-ring (bicyclic) bond motifs is 5. The molecular formula is C15H23NO3. The largest absolute Gasteiger partial charge is 0.481 e. The summed E-state index contributed by atoms with van der Waals surface area (Å²) in [6, 6.07) is 0. The minimum absolute atomic E-state index is 0.107. The molecule has 1 amide bonds. The highest BCUT2D eigenvalue weighted by Gasteiger charge is 2.67. The molecule has 0 aliphatic heterocycles. The normalized spacial score (nSPS) is 38.9. The molecule has 3 saturated carbocycles. The van der Waals surface area contributed by atoms with E-state index in [1.165, 1.54) is 19.3 Å². The Kier molecular flexibility index (Phi) is 2.88. The first kappa shape index (κ1) is 12.9. The van der Waals surface area contributed by atoms with E-state index in [-0.39, 0.29) is 18.2 Å². The van der Waals surface area contributed by atoms with E-state index in [9.17, 15) is 9.59 Å². The minimum Gasteiger partial charge on any atom is -0.481 e. The molecule has 3 aliphatic carbocycles. The number of hydrogen-bond donors (Lipinski definition) is 2. The van der Waals surface area contributed by atoms with E-state index in [2.05, 4.69) is 5.32 Å². The highest BCUT2D eigenvalue weighted by atomic mass is 16.4. The molecule has 3 rings (SSSR count). The molecule has 106 valence electrons. The molecule has 0 saturated heterocycles. The third-order valence-corrected chi connectivity index (χ3v) is 5.46. The average Bonchev–Trinajstić information content (AvgIpc) is 2.77. The summed E-state index contributed by atoms with van der Waals surface area (Å²) in [4.78, 5) is 23.0. The van der Waals surface area contributed by atoms with Gasteiger partial charge in [-0.15, -0.1) is 0 Å². The van der Waals surface area contributed by atoms with E-state index in [4.69, 9.17) is 5.11 Å². The summed E-state index contributed by atoms with van der Waals surface area (Å²) in [5.41, 5.74) is -0.411. The Morgan fingerprint density at radius 2 is 1.79 bits per heavy atom. The third-order valence-electron chi connectivity index (χ3n) is 5.46. The van der Waals surface area contributed by atoms with Gasteiger partial charge in [-0.1, -0.05) is 0 Å². The fraction of sp³-hybridized carbons (Fsp3) is 0.867. The number of rotatable bonds is 5. The van der Waals surface area contributed by atoms with Gasteiger partial charge in [-0.05, 0) is 63.2 Å². The van der Waals surface area contributed by atoms with Gasteiger partial charge in [0.15, 0.2) is 0 Å². The van der Waals surface area contributed by atoms with Gasteiger partial charge in [-0.25, -0.2) is 0 Å². The fourth-order valence-electron chi connectivity index (χ4n) is 4.57. The first-order chi connectivity index (χ1) is 8.89. The molecular weight excluding hydrogens is 242 g/mol. The number of carboxylic acid groups (broad SMARTS) is 1. The second-order valence-electron chi connectivity index (χ2n) is 7.28. The number of aliphatic carboxylic acids is 1. The van der Waals surface area contributed by atoms with Crippen molar-refractivity contribution in [1.29, 1.82) is 0 Å². The fourth-order valence-corrected chi connectivity index (χ4v) is 4.57. The molecule has 4 atom stereocenters. The van der Waals surface area contributed by atoms with E-state index in [0.29, 0.717) is 18.3 Å². The maximum atomic E-state index is 12.3. The predicted molar refractivity (Wildman–Crippen MR) is 70.4 cm³/mol. The van der Waals surface area contributed by atoms with E-state index in [1.807, 2.05) is 13.8 Å². The van der Waals surface area contributed by atoms with E-state index >= 15 is 0 Å². The highest BCUT2D eigenvalue weighted by Crippen LogP contribution is 2.69. The van der Waals surface area contributed by atoms with Gasteiger partial charge in [0.25, 0.3) is 0 Å². The van der Waals surface area contributed by atoms with Crippen LogP contribution in [0.3, 0.4) is 0 Å². The molecule has 2 bridgehead atoms. The summed E-state index contributed by atoms with van der Waals surface area (Å²) >= 11 is 0. The highest BCUT2D eigenvalue weighted by molar-refractivity contribution is 5.83. The number of carboxylic acids is 1. The van der Waals surface area contributed by atoms with Gasteiger partial charge in [0, 0.05) is 17.9 Å².